The smallest absolute Gasteiger partial charge is 0.356 e. The first kappa shape index (κ1) is 10.3. The van der Waals surface area contributed by atoms with Crippen molar-refractivity contribution in [3.8, 4) is 10.6 Å². The fourth-order valence-corrected chi connectivity index (χ4v) is 2.50. The van der Waals surface area contributed by atoms with Crippen LogP contribution in [0.3, 0.4) is 0 Å². The highest BCUT2D eigenvalue weighted by Crippen LogP contribution is 2.31. The van der Waals surface area contributed by atoms with Gasteiger partial charge in [0.2, 0.25) is 0 Å². The molecule has 2 aromatic heterocycles. The standard InChI is InChI=1S/C9H5BrN2O2S/c10-6-2-1-5(15-6)7-8(9(13)14)12-4-3-11-7/h1-4H,(H,13,14). The predicted molar refractivity (Wildman–Crippen MR) is 60.0 cm³/mol. The number of aromatic carboxylic acids is 1. The molecule has 0 aliphatic heterocycles. The maximum absolute atomic E-state index is 10.9. The number of thiophene rings is 1. The van der Waals surface area contributed by atoms with Gasteiger partial charge >= 0.3 is 5.97 Å². The maximum Gasteiger partial charge on any atom is 0.356 e. The van der Waals surface area contributed by atoms with Gasteiger partial charge in [-0.15, -0.1) is 11.3 Å². The Bertz CT molecular complexity index is 512. The molecular weight excluding hydrogens is 280 g/mol. The van der Waals surface area contributed by atoms with Gasteiger partial charge < -0.3 is 5.11 Å². The number of carboxylic acid groups (broad SMARTS) is 1. The van der Waals surface area contributed by atoms with Gasteiger partial charge in [0.25, 0.3) is 0 Å². The molecule has 76 valence electrons. The van der Waals surface area contributed by atoms with Crippen LogP contribution in [-0.2, 0) is 0 Å². The summed E-state index contributed by atoms with van der Waals surface area (Å²) in [7, 11) is 0. The lowest BCUT2D eigenvalue weighted by Gasteiger charge is -1.99. The first-order valence-corrected chi connectivity index (χ1v) is 5.59. The van der Waals surface area contributed by atoms with Gasteiger partial charge in [-0.2, -0.15) is 0 Å². The van der Waals surface area contributed by atoms with E-state index in [4.69, 9.17) is 5.11 Å². The molecule has 0 aliphatic rings. The molecular formula is C9H5BrN2O2S. The van der Waals surface area contributed by atoms with E-state index in [1.165, 1.54) is 23.7 Å². The Morgan fingerprint density at radius 1 is 1.33 bits per heavy atom. The van der Waals surface area contributed by atoms with E-state index in [0.717, 1.165) is 8.66 Å². The summed E-state index contributed by atoms with van der Waals surface area (Å²) in [6.45, 7) is 0. The second kappa shape index (κ2) is 4.08. The summed E-state index contributed by atoms with van der Waals surface area (Å²) >= 11 is 4.74. The molecule has 2 aromatic rings. The number of halogens is 1. The Kier molecular flexibility index (Phi) is 2.79. The summed E-state index contributed by atoms with van der Waals surface area (Å²) in [5.41, 5.74) is 0.382. The second-order valence-corrected chi connectivity index (χ2v) is 5.13. The lowest BCUT2D eigenvalue weighted by Crippen LogP contribution is -2.03. The summed E-state index contributed by atoms with van der Waals surface area (Å²) < 4.78 is 0.930. The monoisotopic (exact) mass is 284 g/mol. The van der Waals surface area contributed by atoms with E-state index in [-0.39, 0.29) is 5.69 Å². The molecule has 2 rings (SSSR count). The predicted octanol–water partition coefficient (Wildman–Crippen LogP) is 2.67. The van der Waals surface area contributed by atoms with Crippen LogP contribution in [0.2, 0.25) is 0 Å². The normalized spacial score (nSPS) is 10.2. The molecule has 0 saturated heterocycles. The first-order valence-electron chi connectivity index (χ1n) is 3.98. The number of rotatable bonds is 2. The molecule has 15 heavy (non-hydrogen) atoms. The summed E-state index contributed by atoms with van der Waals surface area (Å²) in [6.07, 6.45) is 2.85. The molecule has 0 amide bonds. The van der Waals surface area contributed by atoms with Gasteiger partial charge in [0.15, 0.2) is 5.69 Å². The third kappa shape index (κ3) is 2.05. The van der Waals surface area contributed by atoms with Crippen LogP contribution in [0, 0.1) is 0 Å². The van der Waals surface area contributed by atoms with E-state index in [1.54, 1.807) is 0 Å². The van der Waals surface area contributed by atoms with Crippen LogP contribution in [0.15, 0.2) is 28.3 Å². The molecule has 0 saturated carbocycles. The molecule has 6 heteroatoms. The minimum atomic E-state index is -1.07. The van der Waals surface area contributed by atoms with Crippen molar-refractivity contribution in [2.45, 2.75) is 0 Å². The van der Waals surface area contributed by atoms with Crippen molar-refractivity contribution < 1.29 is 9.90 Å². The summed E-state index contributed by atoms with van der Waals surface area (Å²) in [4.78, 5) is 19.5. The van der Waals surface area contributed by atoms with E-state index < -0.39 is 5.97 Å². The Labute approximate surface area is 97.8 Å². The number of hydrogen-bond acceptors (Lipinski definition) is 4. The van der Waals surface area contributed by atoms with Crippen LogP contribution < -0.4 is 0 Å². The Balaban J connectivity index is 2.57. The van der Waals surface area contributed by atoms with Gasteiger partial charge in [0, 0.05) is 12.4 Å². The van der Waals surface area contributed by atoms with E-state index in [0.29, 0.717) is 5.69 Å². The first-order chi connectivity index (χ1) is 7.18. The van der Waals surface area contributed by atoms with Crippen LogP contribution >= 0.6 is 27.3 Å². The lowest BCUT2D eigenvalue weighted by atomic mass is 10.2. The number of aromatic nitrogens is 2. The van der Waals surface area contributed by atoms with Gasteiger partial charge in [0.1, 0.15) is 5.69 Å². The van der Waals surface area contributed by atoms with Crippen molar-refractivity contribution in [1.29, 1.82) is 0 Å². The Hall–Kier alpha value is -1.27. The highest BCUT2D eigenvalue weighted by atomic mass is 79.9. The molecule has 0 bridgehead atoms. The Morgan fingerprint density at radius 2 is 2.07 bits per heavy atom. The zero-order chi connectivity index (χ0) is 10.8. The van der Waals surface area contributed by atoms with Crippen LogP contribution in [0.1, 0.15) is 10.5 Å². The third-order valence-electron chi connectivity index (χ3n) is 1.71. The van der Waals surface area contributed by atoms with Crippen molar-refractivity contribution >= 4 is 33.2 Å². The number of carbonyl (C=O) groups is 1. The van der Waals surface area contributed by atoms with Crippen molar-refractivity contribution in [2.24, 2.45) is 0 Å². The highest BCUT2D eigenvalue weighted by molar-refractivity contribution is 9.11. The molecule has 0 aliphatic carbocycles. The minimum absolute atomic E-state index is 0.0214. The molecule has 0 radical (unpaired) electrons. The lowest BCUT2D eigenvalue weighted by molar-refractivity contribution is 0.0691. The van der Waals surface area contributed by atoms with Gasteiger partial charge in [-0.1, -0.05) is 0 Å². The van der Waals surface area contributed by atoms with E-state index in [9.17, 15) is 4.79 Å². The molecule has 0 atom stereocenters. The summed E-state index contributed by atoms with van der Waals surface area (Å²) in [5.74, 6) is -1.07. The van der Waals surface area contributed by atoms with Crippen molar-refractivity contribution in [3.63, 3.8) is 0 Å². The quantitative estimate of drug-likeness (QED) is 0.921. The molecule has 2 heterocycles. The molecule has 0 aromatic carbocycles. The SMILES string of the molecule is O=C(O)c1nccnc1-c1ccc(Br)s1. The highest BCUT2D eigenvalue weighted by Gasteiger charge is 2.15. The van der Waals surface area contributed by atoms with Crippen molar-refractivity contribution in [1.82, 2.24) is 9.97 Å². The van der Waals surface area contributed by atoms with Gasteiger partial charge in [-0.25, -0.2) is 9.78 Å². The average Bonchev–Trinajstić information content (AvgIpc) is 2.65. The summed E-state index contributed by atoms with van der Waals surface area (Å²) in [5, 5.41) is 8.92. The second-order valence-electron chi connectivity index (χ2n) is 2.66. The van der Waals surface area contributed by atoms with Crippen LogP contribution in [0.4, 0.5) is 0 Å². The van der Waals surface area contributed by atoms with Crippen LogP contribution in [0.5, 0.6) is 0 Å². The zero-order valence-electron chi connectivity index (χ0n) is 7.35. The fraction of sp³-hybridized carbons (Fsp3) is 0. The molecule has 1 N–H and O–H groups in total. The minimum Gasteiger partial charge on any atom is -0.476 e. The van der Waals surface area contributed by atoms with Crippen molar-refractivity contribution in [2.75, 3.05) is 0 Å². The van der Waals surface area contributed by atoms with E-state index in [1.807, 2.05) is 12.1 Å². The molecule has 0 fully saturated rings. The van der Waals surface area contributed by atoms with Gasteiger partial charge in [-0.3, -0.25) is 4.98 Å². The summed E-state index contributed by atoms with van der Waals surface area (Å²) in [6, 6.07) is 3.66. The third-order valence-corrected chi connectivity index (χ3v) is 3.34. The topological polar surface area (TPSA) is 63.1 Å². The van der Waals surface area contributed by atoms with Crippen LogP contribution in [0.25, 0.3) is 10.6 Å². The van der Waals surface area contributed by atoms with Gasteiger partial charge in [0.05, 0.1) is 8.66 Å². The van der Waals surface area contributed by atoms with E-state index in [2.05, 4.69) is 25.9 Å². The van der Waals surface area contributed by atoms with E-state index >= 15 is 0 Å². The fourth-order valence-electron chi connectivity index (χ4n) is 1.12. The number of nitrogens with zero attached hydrogens (tertiary/aromatic N) is 2. The maximum atomic E-state index is 10.9. The van der Waals surface area contributed by atoms with Gasteiger partial charge in [-0.05, 0) is 28.1 Å². The largest absolute Gasteiger partial charge is 0.476 e. The number of hydrogen-bond donors (Lipinski definition) is 1. The van der Waals surface area contributed by atoms with Crippen LogP contribution in [-0.4, -0.2) is 21.0 Å². The van der Waals surface area contributed by atoms with Crippen molar-refractivity contribution in [3.05, 3.63) is 34.0 Å². The average molecular weight is 285 g/mol. The Morgan fingerprint density at radius 3 is 2.67 bits per heavy atom. The molecule has 0 unspecified atom stereocenters. The molecule has 0 spiro atoms. The zero-order valence-corrected chi connectivity index (χ0v) is 9.75. The molecule has 4 nitrogen and oxygen atoms in total. The number of carboxylic acids is 1.